The van der Waals surface area contributed by atoms with Gasteiger partial charge in [0.05, 0.1) is 11.8 Å². The molecule has 114 valence electrons. The van der Waals surface area contributed by atoms with Crippen LogP contribution in [0.15, 0.2) is 64.1 Å². The normalized spacial score (nSPS) is 11.3. The fourth-order valence-corrected chi connectivity index (χ4v) is 3.17. The van der Waals surface area contributed by atoms with E-state index in [0.717, 1.165) is 28.6 Å². The van der Waals surface area contributed by atoms with Crippen LogP contribution in [0.25, 0.3) is 22.1 Å². The van der Waals surface area contributed by atoms with Crippen LogP contribution in [0.4, 0.5) is 0 Å². The second-order valence-corrected chi connectivity index (χ2v) is 6.43. The van der Waals surface area contributed by atoms with E-state index >= 15 is 0 Å². The Kier molecular flexibility index (Phi) is 3.50. The number of H-pyrrole nitrogens is 1. The first-order valence-electron chi connectivity index (χ1n) is 7.43. The summed E-state index contributed by atoms with van der Waals surface area (Å²) in [5.74, 6) is 0. The molecule has 1 N–H and O–H groups in total. The maximum atomic E-state index is 12.6. The highest BCUT2D eigenvalue weighted by molar-refractivity contribution is 9.10. The third kappa shape index (κ3) is 2.57. The number of aromatic amines is 1. The van der Waals surface area contributed by atoms with E-state index in [1.54, 1.807) is 6.33 Å². The predicted molar refractivity (Wildman–Crippen MR) is 95.7 cm³/mol. The second kappa shape index (κ2) is 5.66. The molecule has 0 amide bonds. The summed E-state index contributed by atoms with van der Waals surface area (Å²) in [6.07, 6.45) is 2.63. The summed E-state index contributed by atoms with van der Waals surface area (Å²) in [7, 11) is 0. The Morgan fingerprint density at radius 1 is 1.13 bits per heavy atom. The molecule has 4 nitrogen and oxygen atoms in total. The molecule has 4 rings (SSSR count). The average molecular weight is 368 g/mol. The van der Waals surface area contributed by atoms with Crippen LogP contribution in [0.1, 0.15) is 5.56 Å². The SMILES string of the molecule is O=c1c2cc(Br)ccc2[nH]c2c1ncn2CCc1ccccc1. The van der Waals surface area contributed by atoms with E-state index in [4.69, 9.17) is 0 Å². The zero-order valence-electron chi connectivity index (χ0n) is 12.3. The van der Waals surface area contributed by atoms with Crippen LogP contribution < -0.4 is 5.43 Å². The summed E-state index contributed by atoms with van der Waals surface area (Å²) in [5, 5.41) is 0.653. The minimum Gasteiger partial charge on any atom is -0.339 e. The first-order valence-corrected chi connectivity index (χ1v) is 8.22. The number of fused-ring (bicyclic) bond motifs is 2. The lowest BCUT2D eigenvalue weighted by Crippen LogP contribution is -2.07. The Bertz CT molecular complexity index is 1050. The van der Waals surface area contributed by atoms with Gasteiger partial charge in [0.15, 0.2) is 5.52 Å². The molecule has 23 heavy (non-hydrogen) atoms. The topological polar surface area (TPSA) is 50.7 Å². The third-order valence-corrected chi connectivity index (χ3v) is 4.51. The lowest BCUT2D eigenvalue weighted by Gasteiger charge is -2.06. The molecule has 0 saturated heterocycles. The molecule has 0 saturated carbocycles. The van der Waals surface area contributed by atoms with Crippen LogP contribution in [0, 0.1) is 0 Å². The van der Waals surface area contributed by atoms with E-state index < -0.39 is 0 Å². The van der Waals surface area contributed by atoms with Crippen LogP contribution in [0.5, 0.6) is 0 Å². The van der Waals surface area contributed by atoms with Gasteiger partial charge in [-0.15, -0.1) is 0 Å². The third-order valence-electron chi connectivity index (χ3n) is 4.02. The molecule has 5 heteroatoms. The van der Waals surface area contributed by atoms with Gasteiger partial charge in [0.2, 0.25) is 5.43 Å². The molecule has 2 heterocycles. The number of halogens is 1. The number of benzene rings is 2. The van der Waals surface area contributed by atoms with Gasteiger partial charge < -0.3 is 9.55 Å². The molecule has 0 radical (unpaired) electrons. The van der Waals surface area contributed by atoms with Gasteiger partial charge in [-0.25, -0.2) is 4.98 Å². The number of nitrogens with one attached hydrogen (secondary N) is 1. The van der Waals surface area contributed by atoms with Gasteiger partial charge in [-0.2, -0.15) is 0 Å². The van der Waals surface area contributed by atoms with Crippen molar-refractivity contribution in [2.24, 2.45) is 0 Å². The maximum absolute atomic E-state index is 12.6. The summed E-state index contributed by atoms with van der Waals surface area (Å²) in [5.41, 5.74) is 3.33. The molecule has 0 aliphatic rings. The molecule has 4 aromatic rings. The van der Waals surface area contributed by atoms with Crippen LogP contribution in [-0.4, -0.2) is 14.5 Å². The number of nitrogens with zero attached hydrogens (tertiary/aromatic N) is 2. The second-order valence-electron chi connectivity index (χ2n) is 5.51. The Morgan fingerprint density at radius 2 is 1.96 bits per heavy atom. The molecule has 2 aromatic carbocycles. The number of hydrogen-bond acceptors (Lipinski definition) is 2. The number of imidazole rings is 1. The predicted octanol–water partition coefficient (Wildman–Crippen LogP) is 3.88. The number of pyridine rings is 1. The van der Waals surface area contributed by atoms with Crippen molar-refractivity contribution in [1.82, 2.24) is 14.5 Å². The minimum absolute atomic E-state index is 0.0338. The van der Waals surface area contributed by atoms with Crippen LogP contribution >= 0.6 is 15.9 Å². The number of aryl methyl sites for hydroxylation is 2. The Hall–Kier alpha value is -2.40. The summed E-state index contributed by atoms with van der Waals surface area (Å²) < 4.78 is 2.89. The van der Waals surface area contributed by atoms with Crippen molar-refractivity contribution < 1.29 is 0 Å². The fourth-order valence-electron chi connectivity index (χ4n) is 2.81. The molecule has 0 aliphatic heterocycles. The zero-order chi connectivity index (χ0) is 15.8. The van der Waals surface area contributed by atoms with E-state index in [-0.39, 0.29) is 5.43 Å². The minimum atomic E-state index is -0.0338. The van der Waals surface area contributed by atoms with Gasteiger partial charge >= 0.3 is 0 Å². The Balaban J connectivity index is 1.78. The van der Waals surface area contributed by atoms with E-state index in [1.807, 2.05) is 41.0 Å². The molecule has 0 spiro atoms. The molecule has 0 fully saturated rings. The van der Waals surface area contributed by atoms with Crippen molar-refractivity contribution in [2.75, 3.05) is 0 Å². The van der Waals surface area contributed by atoms with Gasteiger partial charge in [0.1, 0.15) is 5.65 Å². The Morgan fingerprint density at radius 3 is 2.78 bits per heavy atom. The molecule has 0 unspecified atom stereocenters. The molecule has 2 aromatic heterocycles. The lowest BCUT2D eigenvalue weighted by molar-refractivity contribution is 0.710. The molecular formula is C18H14BrN3O. The van der Waals surface area contributed by atoms with Crippen LogP contribution in [0.2, 0.25) is 0 Å². The van der Waals surface area contributed by atoms with E-state index in [9.17, 15) is 4.79 Å². The van der Waals surface area contributed by atoms with E-state index in [1.165, 1.54) is 5.56 Å². The fraction of sp³-hybridized carbons (Fsp3) is 0.111. The molecule has 0 atom stereocenters. The van der Waals surface area contributed by atoms with Crippen molar-refractivity contribution >= 4 is 38.0 Å². The molecule has 0 aliphatic carbocycles. The Labute approximate surface area is 140 Å². The quantitative estimate of drug-likeness (QED) is 0.597. The first-order chi connectivity index (χ1) is 11.2. The number of rotatable bonds is 3. The van der Waals surface area contributed by atoms with Gasteiger partial charge in [-0.3, -0.25) is 4.79 Å². The number of hydrogen-bond donors (Lipinski definition) is 1. The summed E-state index contributed by atoms with van der Waals surface area (Å²) in [6.45, 7) is 0.776. The van der Waals surface area contributed by atoms with Crippen LogP contribution in [0.3, 0.4) is 0 Å². The van der Waals surface area contributed by atoms with E-state index in [2.05, 4.69) is 38.0 Å². The van der Waals surface area contributed by atoms with E-state index in [0.29, 0.717) is 10.9 Å². The summed E-state index contributed by atoms with van der Waals surface area (Å²) in [6, 6.07) is 16.0. The summed E-state index contributed by atoms with van der Waals surface area (Å²) >= 11 is 3.41. The highest BCUT2D eigenvalue weighted by Crippen LogP contribution is 2.18. The highest BCUT2D eigenvalue weighted by Gasteiger charge is 2.11. The standard InChI is InChI=1S/C18H14BrN3O/c19-13-6-7-15-14(10-13)17(23)16-18(21-15)22(11-20-16)9-8-12-4-2-1-3-5-12/h1-7,10-11H,8-9H2,(H,21,23). The van der Waals surface area contributed by atoms with Gasteiger partial charge in [0, 0.05) is 16.4 Å². The zero-order valence-corrected chi connectivity index (χ0v) is 13.9. The van der Waals surface area contributed by atoms with Crippen LogP contribution in [-0.2, 0) is 13.0 Å². The maximum Gasteiger partial charge on any atom is 0.217 e. The first kappa shape index (κ1) is 14.2. The average Bonchev–Trinajstić information content (AvgIpc) is 2.98. The van der Waals surface area contributed by atoms with Gasteiger partial charge in [0.25, 0.3) is 0 Å². The summed E-state index contributed by atoms with van der Waals surface area (Å²) in [4.78, 5) is 20.3. The van der Waals surface area contributed by atoms with Crippen molar-refractivity contribution in [3.8, 4) is 0 Å². The van der Waals surface area contributed by atoms with Gasteiger partial charge in [-0.05, 0) is 30.2 Å². The largest absolute Gasteiger partial charge is 0.339 e. The monoisotopic (exact) mass is 367 g/mol. The lowest BCUT2D eigenvalue weighted by atomic mass is 10.1. The van der Waals surface area contributed by atoms with Crippen molar-refractivity contribution in [3.63, 3.8) is 0 Å². The highest BCUT2D eigenvalue weighted by atomic mass is 79.9. The number of aromatic nitrogens is 3. The van der Waals surface area contributed by atoms with Crippen molar-refractivity contribution in [2.45, 2.75) is 13.0 Å². The van der Waals surface area contributed by atoms with Crippen molar-refractivity contribution in [1.29, 1.82) is 0 Å². The molecular weight excluding hydrogens is 354 g/mol. The van der Waals surface area contributed by atoms with Crippen molar-refractivity contribution in [3.05, 3.63) is 75.1 Å². The molecule has 0 bridgehead atoms. The van der Waals surface area contributed by atoms with Gasteiger partial charge in [-0.1, -0.05) is 46.3 Å². The smallest absolute Gasteiger partial charge is 0.217 e.